The third-order valence-corrected chi connectivity index (χ3v) is 4.85. The van der Waals surface area contributed by atoms with Crippen molar-refractivity contribution in [3.8, 4) is 0 Å². The van der Waals surface area contributed by atoms with Gasteiger partial charge in [0, 0.05) is 30.4 Å². The number of aliphatic hydroxyl groups is 1. The predicted octanol–water partition coefficient (Wildman–Crippen LogP) is 3.64. The van der Waals surface area contributed by atoms with Crippen molar-refractivity contribution in [3.05, 3.63) is 65.0 Å². The number of halogens is 1. The molecule has 0 saturated carbocycles. The second-order valence-corrected chi connectivity index (χ2v) is 7.30. The van der Waals surface area contributed by atoms with E-state index in [1.165, 1.54) is 18.2 Å². The quantitative estimate of drug-likeness (QED) is 0.477. The van der Waals surface area contributed by atoms with Crippen molar-refractivity contribution in [1.29, 1.82) is 0 Å². The molecule has 6 nitrogen and oxygen atoms in total. The smallest absolute Gasteiger partial charge is 0.251 e. The molecule has 0 bridgehead atoms. The van der Waals surface area contributed by atoms with E-state index in [2.05, 4.69) is 16.0 Å². The van der Waals surface area contributed by atoms with Gasteiger partial charge in [0.25, 0.3) is 11.8 Å². The molecule has 0 heterocycles. The van der Waals surface area contributed by atoms with E-state index in [1.54, 1.807) is 38.2 Å². The first kappa shape index (κ1) is 23.3. The summed E-state index contributed by atoms with van der Waals surface area (Å²) in [5.41, 5.74) is 2.04. The fraction of sp³-hybridized carbons (Fsp3) is 0.391. The average molecular weight is 416 g/mol. The lowest BCUT2D eigenvalue weighted by molar-refractivity contribution is 0.0909. The number of benzene rings is 2. The largest absolute Gasteiger partial charge is 0.391 e. The van der Waals surface area contributed by atoms with E-state index in [9.17, 15) is 19.1 Å². The van der Waals surface area contributed by atoms with Crippen LogP contribution in [0.5, 0.6) is 0 Å². The van der Waals surface area contributed by atoms with E-state index in [1.807, 2.05) is 6.92 Å². The Morgan fingerprint density at radius 1 is 1.07 bits per heavy atom. The molecule has 0 aliphatic carbocycles. The van der Waals surface area contributed by atoms with Crippen LogP contribution in [0.2, 0.25) is 0 Å². The number of carbonyl (C=O) groups is 2. The molecule has 0 aliphatic heterocycles. The third kappa shape index (κ3) is 6.84. The number of hydrogen-bond donors (Lipinski definition) is 4. The van der Waals surface area contributed by atoms with Crippen LogP contribution in [0.4, 0.5) is 10.1 Å². The lowest BCUT2D eigenvalue weighted by Crippen LogP contribution is -2.32. The molecule has 2 atom stereocenters. The van der Waals surface area contributed by atoms with E-state index in [0.29, 0.717) is 23.2 Å². The molecule has 4 N–H and O–H groups in total. The summed E-state index contributed by atoms with van der Waals surface area (Å²) in [4.78, 5) is 25.3. The first-order chi connectivity index (χ1) is 14.3. The topological polar surface area (TPSA) is 90.5 Å². The maximum atomic E-state index is 13.1. The molecule has 0 aromatic heterocycles. The Kier molecular flexibility index (Phi) is 8.80. The fourth-order valence-corrected chi connectivity index (χ4v) is 3.00. The Morgan fingerprint density at radius 2 is 1.70 bits per heavy atom. The van der Waals surface area contributed by atoms with E-state index in [-0.39, 0.29) is 30.2 Å². The second-order valence-electron chi connectivity index (χ2n) is 7.30. The molecule has 162 valence electrons. The molecule has 2 rings (SSSR count). The van der Waals surface area contributed by atoms with Crippen molar-refractivity contribution >= 4 is 17.5 Å². The van der Waals surface area contributed by atoms with Crippen LogP contribution in [0.25, 0.3) is 0 Å². The highest BCUT2D eigenvalue weighted by Gasteiger charge is 2.16. The number of nitrogens with one attached hydrogen (secondary N) is 3. The normalized spacial score (nSPS) is 12.7. The van der Waals surface area contributed by atoms with Gasteiger partial charge in [-0.25, -0.2) is 4.39 Å². The van der Waals surface area contributed by atoms with Crippen molar-refractivity contribution in [2.24, 2.45) is 0 Å². The molecule has 2 aromatic rings. The van der Waals surface area contributed by atoms with Crippen LogP contribution < -0.4 is 16.0 Å². The molecule has 2 amide bonds. The number of carbonyl (C=O) groups excluding carboxylic acids is 2. The molecule has 2 aromatic carbocycles. The van der Waals surface area contributed by atoms with E-state index in [0.717, 1.165) is 18.4 Å². The lowest BCUT2D eigenvalue weighted by Gasteiger charge is -2.16. The molecule has 0 aliphatic rings. The zero-order valence-corrected chi connectivity index (χ0v) is 17.7. The number of hydrogen-bond acceptors (Lipinski definition) is 4. The highest BCUT2D eigenvalue weighted by atomic mass is 19.1. The summed E-state index contributed by atoms with van der Waals surface area (Å²) in [6.07, 6.45) is 1.90. The molecule has 0 saturated heterocycles. The fourth-order valence-electron chi connectivity index (χ4n) is 3.00. The molecule has 7 heteroatoms. The van der Waals surface area contributed by atoms with Crippen molar-refractivity contribution in [1.82, 2.24) is 10.6 Å². The van der Waals surface area contributed by atoms with Crippen LogP contribution in [0, 0.1) is 5.82 Å². The summed E-state index contributed by atoms with van der Waals surface area (Å²) in [7, 11) is 1.70. The highest BCUT2D eigenvalue weighted by Crippen LogP contribution is 2.18. The van der Waals surface area contributed by atoms with Crippen LogP contribution in [0.3, 0.4) is 0 Å². The highest BCUT2D eigenvalue weighted by molar-refractivity contribution is 6.01. The Morgan fingerprint density at radius 3 is 2.30 bits per heavy atom. The monoisotopic (exact) mass is 415 g/mol. The Bertz CT molecular complexity index is 855. The van der Waals surface area contributed by atoms with E-state index < -0.39 is 6.10 Å². The summed E-state index contributed by atoms with van der Waals surface area (Å²) < 4.78 is 13.1. The summed E-state index contributed by atoms with van der Waals surface area (Å²) in [6, 6.07) is 10.4. The summed E-state index contributed by atoms with van der Waals surface area (Å²) >= 11 is 0. The number of anilines is 1. The number of amides is 2. The van der Waals surface area contributed by atoms with Gasteiger partial charge in [-0.15, -0.1) is 0 Å². The van der Waals surface area contributed by atoms with Crippen LogP contribution in [0.15, 0.2) is 42.5 Å². The first-order valence-electron chi connectivity index (χ1n) is 10.2. The number of aliphatic hydroxyl groups excluding tert-OH is 1. The lowest BCUT2D eigenvalue weighted by atomic mass is 10.1. The number of rotatable bonds is 10. The molecular formula is C23H30FN3O3. The van der Waals surface area contributed by atoms with Crippen LogP contribution in [-0.2, 0) is 0 Å². The van der Waals surface area contributed by atoms with E-state index >= 15 is 0 Å². The Hall–Kier alpha value is -2.93. The van der Waals surface area contributed by atoms with Gasteiger partial charge in [0.2, 0.25) is 0 Å². The zero-order valence-electron chi connectivity index (χ0n) is 17.7. The molecule has 0 spiro atoms. The number of unbranched alkanes of at least 4 members (excludes halogenated alkanes) is 1. The van der Waals surface area contributed by atoms with Crippen LogP contribution >= 0.6 is 0 Å². The molecule has 0 fully saturated rings. The van der Waals surface area contributed by atoms with Gasteiger partial charge < -0.3 is 21.1 Å². The van der Waals surface area contributed by atoms with E-state index in [4.69, 9.17) is 0 Å². The summed E-state index contributed by atoms with van der Waals surface area (Å²) in [5.74, 6) is -1.04. The predicted molar refractivity (Wildman–Crippen MR) is 116 cm³/mol. The minimum absolute atomic E-state index is 0.158. The zero-order chi connectivity index (χ0) is 22.1. The molecule has 0 unspecified atom stereocenters. The van der Waals surface area contributed by atoms with Gasteiger partial charge in [0.15, 0.2) is 0 Å². The van der Waals surface area contributed by atoms with Gasteiger partial charge in [-0.2, -0.15) is 0 Å². The average Bonchev–Trinajstić information content (AvgIpc) is 2.75. The maximum Gasteiger partial charge on any atom is 0.251 e. The van der Waals surface area contributed by atoms with Gasteiger partial charge in [0.05, 0.1) is 12.1 Å². The van der Waals surface area contributed by atoms with Crippen LogP contribution in [0.1, 0.15) is 65.4 Å². The molecular weight excluding hydrogens is 385 g/mol. The minimum atomic E-state index is -0.597. The van der Waals surface area contributed by atoms with Crippen molar-refractivity contribution < 1.29 is 19.1 Å². The SMILES string of the molecule is CCCC[C@H](O)CNC(=O)c1cc(NC)cc(C(=O)N[C@H](C)c2ccc(F)cc2)c1. The van der Waals surface area contributed by atoms with Crippen molar-refractivity contribution in [2.75, 3.05) is 18.9 Å². The molecule has 30 heavy (non-hydrogen) atoms. The van der Waals surface area contributed by atoms with Gasteiger partial charge in [-0.1, -0.05) is 31.9 Å². The Labute approximate surface area is 176 Å². The minimum Gasteiger partial charge on any atom is -0.391 e. The maximum absolute atomic E-state index is 13.1. The second kappa shape index (κ2) is 11.3. The van der Waals surface area contributed by atoms with Gasteiger partial charge in [-0.05, 0) is 49.2 Å². The van der Waals surface area contributed by atoms with Gasteiger partial charge in [0.1, 0.15) is 5.82 Å². The van der Waals surface area contributed by atoms with Crippen molar-refractivity contribution in [3.63, 3.8) is 0 Å². The van der Waals surface area contributed by atoms with Gasteiger partial charge in [-0.3, -0.25) is 9.59 Å². The summed E-state index contributed by atoms with van der Waals surface area (Å²) in [6.45, 7) is 4.00. The Balaban J connectivity index is 2.09. The standard InChI is InChI=1S/C23H30FN3O3/c1-4-5-6-21(28)14-26-22(29)17-11-18(13-20(12-17)25-3)23(30)27-15(2)16-7-9-19(24)10-8-16/h7-13,15,21,25,28H,4-6,14H2,1-3H3,(H,26,29)(H,27,30)/t15-,21+/m1/s1. The van der Waals surface area contributed by atoms with Gasteiger partial charge >= 0.3 is 0 Å². The summed E-state index contributed by atoms with van der Waals surface area (Å²) in [5, 5.41) is 18.5. The molecule has 0 radical (unpaired) electrons. The van der Waals surface area contributed by atoms with Crippen LogP contribution in [-0.4, -0.2) is 36.6 Å². The third-order valence-electron chi connectivity index (χ3n) is 4.85. The van der Waals surface area contributed by atoms with Crippen molar-refractivity contribution in [2.45, 2.75) is 45.3 Å². The first-order valence-corrected chi connectivity index (χ1v) is 10.2.